The maximum Gasteiger partial charge on any atom is 0.418 e. The molecule has 49 heavy (non-hydrogen) atoms. The number of pyridine rings is 1. The molecule has 4 N–H and O–H groups in total. The second-order valence-electron chi connectivity index (χ2n) is 10.9. The summed E-state index contributed by atoms with van der Waals surface area (Å²) >= 11 is 0. The fraction of sp³-hybridized carbons (Fsp3) is 0.176. The molecule has 6 rings (SSSR count). The molecule has 252 valence electrons. The Morgan fingerprint density at radius 2 is 1.71 bits per heavy atom. The van der Waals surface area contributed by atoms with Crippen molar-refractivity contribution in [1.29, 1.82) is 0 Å². The van der Waals surface area contributed by atoms with E-state index in [2.05, 4.69) is 35.8 Å². The molecule has 0 spiro atoms. The Morgan fingerprint density at radius 1 is 0.939 bits per heavy atom. The number of para-hydroxylation sites is 1. The molecule has 0 bridgehead atoms. The number of carbonyl (C=O) groups is 1. The zero-order valence-electron chi connectivity index (χ0n) is 26.4. The van der Waals surface area contributed by atoms with Crippen LogP contribution in [-0.2, 0) is 5.75 Å². The van der Waals surface area contributed by atoms with Crippen LogP contribution in [0.3, 0.4) is 0 Å². The van der Waals surface area contributed by atoms with Crippen molar-refractivity contribution >= 4 is 32.4 Å². The number of methoxy groups -OCH3 is 1. The zero-order chi connectivity index (χ0) is 34.5. The van der Waals surface area contributed by atoms with E-state index >= 15 is 8.78 Å². The molecule has 1 atom stereocenters. The van der Waals surface area contributed by atoms with E-state index < -0.39 is 39.0 Å². The molecule has 5 aromatic rings. The van der Waals surface area contributed by atoms with Crippen molar-refractivity contribution in [2.75, 3.05) is 24.8 Å². The molecule has 1 aliphatic rings. The quantitative estimate of drug-likeness (QED) is 0.105. The number of anilines is 1. The van der Waals surface area contributed by atoms with Crippen molar-refractivity contribution < 1.29 is 23.0 Å². The maximum absolute atomic E-state index is 15.5. The fourth-order valence-electron chi connectivity index (χ4n) is 5.58. The molecule has 0 saturated carbocycles. The first-order valence-corrected chi connectivity index (χ1v) is 17.1. The van der Waals surface area contributed by atoms with E-state index in [1.54, 1.807) is 48.5 Å². The molecule has 1 aliphatic heterocycles. The summed E-state index contributed by atoms with van der Waals surface area (Å²) < 4.78 is 41.4. The molecular formula is C34H31F2N7O5S. The molecule has 12 nitrogen and oxygen atoms in total. The summed E-state index contributed by atoms with van der Waals surface area (Å²) in [5.74, 6) is -0.931. The normalized spacial score (nSPS) is 16.5. The van der Waals surface area contributed by atoms with Crippen LogP contribution in [0.1, 0.15) is 35.7 Å². The van der Waals surface area contributed by atoms with E-state index in [1.165, 1.54) is 25.4 Å². The number of carbonyl (C=O) groups excluding carboxylic acids is 1. The topological polar surface area (TPSA) is 164 Å². The Balaban J connectivity index is 1.57. The van der Waals surface area contributed by atoms with Gasteiger partial charge >= 0.3 is 11.8 Å². The van der Waals surface area contributed by atoms with Crippen LogP contribution in [0.4, 0.5) is 19.4 Å². The predicted molar refractivity (Wildman–Crippen MR) is 182 cm³/mol. The number of amides is 1. The monoisotopic (exact) mass is 687 g/mol. The Hall–Kier alpha value is -5.67. The molecular weight excluding hydrogens is 656 g/mol. The average Bonchev–Trinajstić information content (AvgIpc) is 3.37. The highest BCUT2D eigenvalue weighted by molar-refractivity contribution is 8.40. The van der Waals surface area contributed by atoms with Crippen LogP contribution in [0.25, 0.3) is 10.5 Å². The number of halogens is 2. The first-order chi connectivity index (χ1) is 23.7. The van der Waals surface area contributed by atoms with Crippen molar-refractivity contribution in [2.45, 2.75) is 24.1 Å². The van der Waals surface area contributed by atoms with Crippen LogP contribution in [0.5, 0.6) is 11.6 Å². The van der Waals surface area contributed by atoms with Gasteiger partial charge in [0.1, 0.15) is 23.2 Å². The molecule has 0 aliphatic carbocycles. The first kappa shape index (κ1) is 33.2. The van der Waals surface area contributed by atoms with Crippen molar-refractivity contribution in [3.63, 3.8) is 0 Å². The zero-order valence-corrected chi connectivity index (χ0v) is 27.2. The largest absolute Gasteiger partial charge is 0.480 e. The molecule has 0 fully saturated rings. The third-order valence-electron chi connectivity index (χ3n) is 7.71. The van der Waals surface area contributed by atoms with Gasteiger partial charge in [-0.1, -0.05) is 31.2 Å². The summed E-state index contributed by atoms with van der Waals surface area (Å²) in [4.78, 5) is 49.3. The fourth-order valence-corrected chi connectivity index (χ4v) is 9.77. The molecule has 2 aromatic carbocycles. The Bertz CT molecular complexity index is 2120. The standard InChI is InChI=1S/C34H31F2N7O5S/c1-3-16-37-19-49(18-22-23(35)10-7-11-24(22)36)30(20-12-14-26(38-17-20)39-34(46)48-21-8-5-4-6-9-21)28(25-13-15-27(47-2)43-42-25)29-31(44)40-33(45)41-32(29)49/h4-15,17,37H,3,16,18-19H2,1-2H3,(H,38,39,46)(H2,40,41,44,45). The number of benzene rings is 2. The van der Waals surface area contributed by atoms with Gasteiger partial charge in [-0.2, -0.15) is 10.0 Å². The number of aromatic amines is 2. The number of nitrogens with one attached hydrogen (secondary N) is 4. The number of fused-ring (bicyclic) bond motifs is 1. The number of hydrogen-bond donors (Lipinski definition) is 4. The molecule has 15 heteroatoms. The average molecular weight is 688 g/mol. The lowest BCUT2D eigenvalue weighted by Crippen LogP contribution is -2.29. The highest BCUT2D eigenvalue weighted by atomic mass is 32.3. The highest BCUT2D eigenvalue weighted by Crippen LogP contribution is 2.73. The van der Waals surface area contributed by atoms with Crippen LogP contribution in [0.2, 0.25) is 0 Å². The van der Waals surface area contributed by atoms with Gasteiger partial charge in [0.2, 0.25) is 5.88 Å². The van der Waals surface area contributed by atoms with Crippen LogP contribution in [-0.4, -0.2) is 50.8 Å². The Kier molecular flexibility index (Phi) is 9.64. The molecule has 3 aromatic heterocycles. The van der Waals surface area contributed by atoms with Crippen LogP contribution in [0, 0.1) is 11.6 Å². The van der Waals surface area contributed by atoms with Gasteiger partial charge in [0, 0.05) is 45.5 Å². The smallest absolute Gasteiger partial charge is 0.418 e. The first-order valence-electron chi connectivity index (χ1n) is 15.2. The van der Waals surface area contributed by atoms with Gasteiger partial charge in [0.05, 0.1) is 23.4 Å². The number of ether oxygens (including phenoxy) is 2. The SMILES string of the molecule is CCCNCS1(Cc2c(F)cccc2F)C(c2ccc(NC(=O)Oc3ccccc3)nc2)=C(c2ccc(OC)nn2)c2c1[nH]c(=O)[nH]c2=O. The number of aromatic nitrogens is 5. The Morgan fingerprint density at radius 3 is 2.37 bits per heavy atom. The third kappa shape index (κ3) is 6.71. The van der Waals surface area contributed by atoms with Gasteiger partial charge in [-0.25, -0.2) is 23.4 Å². The summed E-state index contributed by atoms with van der Waals surface area (Å²) in [7, 11) is -1.32. The van der Waals surface area contributed by atoms with E-state index in [0.29, 0.717) is 28.3 Å². The van der Waals surface area contributed by atoms with Gasteiger partial charge in [-0.3, -0.25) is 15.1 Å². The second-order valence-corrected chi connectivity index (χ2v) is 14.1. The van der Waals surface area contributed by atoms with Crippen molar-refractivity contribution in [2.24, 2.45) is 0 Å². The molecule has 4 heterocycles. The van der Waals surface area contributed by atoms with E-state index in [0.717, 1.165) is 18.6 Å². The van der Waals surface area contributed by atoms with Gasteiger partial charge in [0.15, 0.2) is 0 Å². The van der Waals surface area contributed by atoms with E-state index in [9.17, 15) is 14.4 Å². The number of nitrogens with zero attached hydrogens (tertiary/aromatic N) is 3. The highest BCUT2D eigenvalue weighted by Gasteiger charge is 2.46. The van der Waals surface area contributed by atoms with Crippen molar-refractivity contribution in [1.82, 2.24) is 30.5 Å². The third-order valence-corrected chi connectivity index (χ3v) is 11.5. The van der Waals surface area contributed by atoms with E-state index in [-0.39, 0.29) is 45.2 Å². The minimum atomic E-state index is -2.76. The molecule has 0 saturated heterocycles. The summed E-state index contributed by atoms with van der Waals surface area (Å²) in [6.07, 6.45) is 1.44. The van der Waals surface area contributed by atoms with Crippen molar-refractivity contribution in [3.05, 3.63) is 134 Å². The van der Waals surface area contributed by atoms with Crippen molar-refractivity contribution in [3.8, 4) is 11.6 Å². The maximum atomic E-state index is 15.5. The van der Waals surface area contributed by atoms with E-state index in [1.807, 2.05) is 6.92 Å². The second kappa shape index (κ2) is 14.2. The van der Waals surface area contributed by atoms with Crippen LogP contribution >= 0.6 is 10.0 Å². The minimum absolute atomic E-state index is 0.0905. The lowest BCUT2D eigenvalue weighted by atomic mass is 10.0. The van der Waals surface area contributed by atoms with Crippen LogP contribution in [0.15, 0.2) is 93.6 Å². The number of rotatable bonds is 11. The van der Waals surface area contributed by atoms with Crippen LogP contribution < -0.4 is 31.4 Å². The summed E-state index contributed by atoms with van der Waals surface area (Å²) in [5, 5.41) is 14.6. The molecule has 0 radical (unpaired) electrons. The Labute approximate surface area is 280 Å². The number of hydrogen-bond acceptors (Lipinski definition) is 9. The summed E-state index contributed by atoms with van der Waals surface area (Å²) in [6, 6.07) is 18.5. The minimum Gasteiger partial charge on any atom is -0.480 e. The predicted octanol–water partition coefficient (Wildman–Crippen LogP) is 5.40. The van der Waals surface area contributed by atoms with Gasteiger partial charge in [-0.05, 0) is 55.4 Å². The lowest BCUT2D eigenvalue weighted by molar-refractivity contribution is 0.215. The summed E-state index contributed by atoms with van der Waals surface area (Å²) in [5.41, 5.74) is -0.597. The number of H-pyrrole nitrogens is 2. The lowest BCUT2D eigenvalue weighted by Gasteiger charge is -2.40. The van der Waals surface area contributed by atoms with Gasteiger partial charge < -0.3 is 19.8 Å². The molecule has 1 unspecified atom stereocenters. The summed E-state index contributed by atoms with van der Waals surface area (Å²) in [6.45, 7) is 2.50. The van der Waals surface area contributed by atoms with Gasteiger partial charge in [-0.15, -0.1) is 10.2 Å². The molecule has 1 amide bonds. The van der Waals surface area contributed by atoms with Gasteiger partial charge in [0.25, 0.3) is 5.56 Å². The van der Waals surface area contributed by atoms with E-state index in [4.69, 9.17) is 9.47 Å².